The predicted molar refractivity (Wildman–Crippen MR) is 125 cm³/mol. The molecule has 0 aliphatic carbocycles. The van der Waals surface area contributed by atoms with Crippen LogP contribution in [0.3, 0.4) is 0 Å². The summed E-state index contributed by atoms with van der Waals surface area (Å²) in [5.41, 5.74) is 14.1. The van der Waals surface area contributed by atoms with E-state index in [0.717, 1.165) is 25.8 Å². The molecule has 0 heterocycles. The zero-order valence-electron chi connectivity index (χ0n) is 19.0. The molecule has 0 saturated heterocycles. The molecule has 0 fully saturated rings. The Balaban J connectivity index is 0. The minimum atomic E-state index is -0.0535. The SMILES string of the molecule is Br.CCCC(N)(CCC)C(CCC)(CCC)C(CCC)(CCC)CCN. The van der Waals surface area contributed by atoms with Gasteiger partial charge in [0.2, 0.25) is 0 Å². The molecule has 0 rings (SSSR count). The van der Waals surface area contributed by atoms with E-state index in [4.69, 9.17) is 11.5 Å². The van der Waals surface area contributed by atoms with Crippen LogP contribution in [0.2, 0.25) is 0 Å². The van der Waals surface area contributed by atoms with Crippen molar-refractivity contribution in [3.8, 4) is 0 Å². The van der Waals surface area contributed by atoms with Crippen molar-refractivity contribution in [2.24, 2.45) is 22.3 Å². The molecule has 0 radical (unpaired) electrons. The lowest BCUT2D eigenvalue weighted by atomic mass is 9.45. The quantitative estimate of drug-likeness (QED) is 0.266. The monoisotopic (exact) mass is 434 g/mol. The first-order valence-electron chi connectivity index (χ1n) is 11.4. The van der Waals surface area contributed by atoms with Crippen molar-refractivity contribution in [2.45, 2.75) is 131 Å². The summed E-state index contributed by atoms with van der Waals surface area (Å²) in [5, 5.41) is 0. The van der Waals surface area contributed by atoms with Crippen LogP contribution in [0.15, 0.2) is 0 Å². The molecule has 160 valence electrons. The van der Waals surface area contributed by atoms with Crippen LogP contribution in [-0.4, -0.2) is 12.1 Å². The lowest BCUT2D eigenvalue weighted by Gasteiger charge is -2.61. The molecule has 0 amide bonds. The highest BCUT2D eigenvalue weighted by molar-refractivity contribution is 8.93. The average Bonchev–Trinajstić information content (AvgIpc) is 2.55. The van der Waals surface area contributed by atoms with Crippen LogP contribution < -0.4 is 11.5 Å². The molecular weight excluding hydrogens is 384 g/mol. The predicted octanol–water partition coefficient (Wildman–Crippen LogP) is 7.38. The lowest BCUT2D eigenvalue weighted by Crippen LogP contribution is -2.63. The second-order valence-corrected chi connectivity index (χ2v) is 8.56. The Morgan fingerprint density at radius 1 is 0.538 bits per heavy atom. The van der Waals surface area contributed by atoms with Gasteiger partial charge in [-0.25, -0.2) is 0 Å². The summed E-state index contributed by atoms with van der Waals surface area (Å²) in [6.07, 6.45) is 15.8. The van der Waals surface area contributed by atoms with Gasteiger partial charge in [0.15, 0.2) is 0 Å². The van der Waals surface area contributed by atoms with E-state index in [1.165, 1.54) is 64.2 Å². The van der Waals surface area contributed by atoms with Gasteiger partial charge in [0, 0.05) is 5.54 Å². The van der Waals surface area contributed by atoms with Crippen LogP contribution in [0.4, 0.5) is 0 Å². The maximum atomic E-state index is 7.41. The maximum Gasteiger partial charge on any atom is 0.0216 e. The van der Waals surface area contributed by atoms with Gasteiger partial charge >= 0.3 is 0 Å². The van der Waals surface area contributed by atoms with Gasteiger partial charge < -0.3 is 11.5 Å². The Hall–Kier alpha value is 0.400. The molecule has 3 heteroatoms. The fourth-order valence-electron chi connectivity index (χ4n) is 6.36. The Kier molecular flexibility index (Phi) is 15.9. The summed E-state index contributed by atoms with van der Waals surface area (Å²) in [6.45, 7) is 14.8. The molecule has 26 heavy (non-hydrogen) atoms. The highest BCUT2D eigenvalue weighted by Crippen LogP contribution is 2.61. The van der Waals surface area contributed by atoms with E-state index in [0.29, 0.717) is 5.41 Å². The molecule has 0 unspecified atom stereocenters. The van der Waals surface area contributed by atoms with E-state index >= 15 is 0 Å². The Labute approximate surface area is 176 Å². The summed E-state index contributed by atoms with van der Waals surface area (Å²) < 4.78 is 0. The largest absolute Gasteiger partial charge is 0.330 e. The van der Waals surface area contributed by atoms with E-state index in [9.17, 15) is 0 Å². The molecule has 0 aliphatic rings. The molecule has 0 aromatic carbocycles. The second-order valence-electron chi connectivity index (χ2n) is 8.56. The third kappa shape index (κ3) is 6.21. The number of rotatable bonds is 16. The molecule has 4 N–H and O–H groups in total. The van der Waals surface area contributed by atoms with Crippen LogP contribution >= 0.6 is 17.0 Å². The van der Waals surface area contributed by atoms with Crippen LogP contribution in [0.1, 0.15) is 125 Å². The fourth-order valence-corrected chi connectivity index (χ4v) is 6.36. The summed E-state index contributed by atoms with van der Waals surface area (Å²) in [5.74, 6) is 0. The van der Waals surface area contributed by atoms with Gasteiger partial charge in [-0.3, -0.25) is 0 Å². The van der Waals surface area contributed by atoms with Gasteiger partial charge in [-0.05, 0) is 62.3 Å². The van der Waals surface area contributed by atoms with E-state index in [1.807, 2.05) is 0 Å². The average molecular weight is 436 g/mol. The first kappa shape index (κ1) is 28.6. The summed E-state index contributed by atoms with van der Waals surface area (Å²) in [7, 11) is 0. The highest BCUT2D eigenvalue weighted by atomic mass is 79.9. The van der Waals surface area contributed by atoms with E-state index in [2.05, 4.69) is 41.5 Å². The summed E-state index contributed by atoms with van der Waals surface area (Å²) in [6, 6.07) is 0. The van der Waals surface area contributed by atoms with Gasteiger partial charge in [0.05, 0.1) is 0 Å². The van der Waals surface area contributed by atoms with Crippen LogP contribution in [-0.2, 0) is 0 Å². The third-order valence-corrected chi connectivity index (χ3v) is 6.79. The number of hydrogen-bond donors (Lipinski definition) is 2. The minimum Gasteiger partial charge on any atom is -0.330 e. The Morgan fingerprint density at radius 3 is 1.15 bits per heavy atom. The maximum absolute atomic E-state index is 7.41. The molecule has 0 saturated carbocycles. The van der Waals surface area contributed by atoms with Gasteiger partial charge in [0.25, 0.3) is 0 Å². The second kappa shape index (κ2) is 14.4. The molecule has 2 nitrogen and oxygen atoms in total. The van der Waals surface area contributed by atoms with Crippen molar-refractivity contribution in [1.82, 2.24) is 0 Å². The third-order valence-electron chi connectivity index (χ3n) is 6.79. The first-order valence-corrected chi connectivity index (χ1v) is 11.4. The lowest BCUT2D eigenvalue weighted by molar-refractivity contribution is -0.0834. The van der Waals surface area contributed by atoms with E-state index < -0.39 is 0 Å². The van der Waals surface area contributed by atoms with E-state index in [1.54, 1.807) is 0 Å². The van der Waals surface area contributed by atoms with Crippen molar-refractivity contribution >= 4 is 17.0 Å². The van der Waals surface area contributed by atoms with Crippen molar-refractivity contribution in [3.63, 3.8) is 0 Å². The van der Waals surface area contributed by atoms with Crippen LogP contribution in [0, 0.1) is 10.8 Å². The van der Waals surface area contributed by atoms with Crippen LogP contribution in [0.5, 0.6) is 0 Å². The van der Waals surface area contributed by atoms with Gasteiger partial charge in [-0.15, -0.1) is 17.0 Å². The molecule has 0 aromatic heterocycles. The number of nitrogens with two attached hydrogens (primary N) is 2. The normalized spacial score (nSPS) is 12.9. The standard InChI is InChI=1S/C23H50N2.BrH/c1-7-13-21(14-8-2,19-20-24)22(15-9-3,16-10-4)23(25,17-11-5)18-12-6;/h7-20,24-25H2,1-6H3;1H. The Bertz CT molecular complexity index is 301. The zero-order valence-corrected chi connectivity index (χ0v) is 20.7. The van der Waals surface area contributed by atoms with Gasteiger partial charge in [-0.2, -0.15) is 0 Å². The van der Waals surface area contributed by atoms with E-state index in [-0.39, 0.29) is 27.9 Å². The zero-order chi connectivity index (χ0) is 19.4. The molecule has 0 spiro atoms. The first-order chi connectivity index (χ1) is 11.9. The minimum absolute atomic E-state index is 0. The highest BCUT2D eigenvalue weighted by Gasteiger charge is 2.57. The molecular formula is C23H51BrN2. The van der Waals surface area contributed by atoms with Crippen molar-refractivity contribution in [3.05, 3.63) is 0 Å². The topological polar surface area (TPSA) is 52.0 Å². The summed E-state index contributed by atoms with van der Waals surface area (Å²) in [4.78, 5) is 0. The Morgan fingerprint density at radius 2 is 0.885 bits per heavy atom. The fraction of sp³-hybridized carbons (Fsp3) is 1.00. The molecule has 0 bridgehead atoms. The van der Waals surface area contributed by atoms with Crippen LogP contribution in [0.25, 0.3) is 0 Å². The van der Waals surface area contributed by atoms with Crippen molar-refractivity contribution in [1.29, 1.82) is 0 Å². The number of hydrogen-bond acceptors (Lipinski definition) is 2. The smallest absolute Gasteiger partial charge is 0.0216 e. The molecule has 0 atom stereocenters. The summed E-state index contributed by atoms with van der Waals surface area (Å²) >= 11 is 0. The van der Waals surface area contributed by atoms with Gasteiger partial charge in [-0.1, -0.05) is 80.1 Å². The molecule has 0 aliphatic heterocycles. The van der Waals surface area contributed by atoms with Gasteiger partial charge in [0.1, 0.15) is 0 Å². The number of halogens is 1. The molecule has 0 aromatic rings. The van der Waals surface area contributed by atoms with Crippen molar-refractivity contribution < 1.29 is 0 Å². The van der Waals surface area contributed by atoms with Crippen molar-refractivity contribution in [2.75, 3.05) is 6.54 Å².